The topological polar surface area (TPSA) is 51.2 Å². The van der Waals surface area contributed by atoms with E-state index >= 15 is 0 Å². The Kier molecular flexibility index (Phi) is 7.38. The molecule has 0 radical (unpaired) electrons. The molecule has 150 valence electrons. The van der Waals surface area contributed by atoms with Crippen LogP contribution in [0.5, 0.6) is 0 Å². The van der Waals surface area contributed by atoms with Gasteiger partial charge in [0.05, 0.1) is 10.9 Å². The third-order valence-corrected chi connectivity index (χ3v) is 6.66. The van der Waals surface area contributed by atoms with Crippen molar-refractivity contribution in [2.24, 2.45) is 10.9 Å². The number of thiophene rings is 1. The van der Waals surface area contributed by atoms with Crippen molar-refractivity contribution in [1.82, 2.24) is 20.0 Å². The maximum atomic E-state index is 12.3. The van der Waals surface area contributed by atoms with Gasteiger partial charge in [0.25, 0.3) is 0 Å². The Morgan fingerprint density at radius 1 is 1.33 bits per heavy atom. The summed E-state index contributed by atoms with van der Waals surface area (Å²) in [5.41, 5.74) is 0. The van der Waals surface area contributed by atoms with Crippen LogP contribution in [-0.2, 0) is 11.3 Å². The number of guanidine groups is 1. The number of amides is 1. The zero-order valence-electron chi connectivity index (χ0n) is 16.3. The van der Waals surface area contributed by atoms with Crippen molar-refractivity contribution in [2.45, 2.75) is 25.8 Å². The second kappa shape index (κ2) is 9.75. The lowest BCUT2D eigenvalue weighted by Gasteiger charge is -2.38. The average molecular weight is 412 g/mol. The number of carbonyl (C=O) groups is 1. The van der Waals surface area contributed by atoms with Crippen molar-refractivity contribution >= 4 is 34.8 Å². The molecule has 8 heteroatoms. The minimum absolute atomic E-state index is 0.315. The molecule has 1 N–H and O–H groups in total. The molecule has 2 aliphatic rings. The molecule has 3 rings (SSSR count). The predicted octanol–water partition coefficient (Wildman–Crippen LogP) is 2.35. The van der Waals surface area contributed by atoms with E-state index in [0.717, 1.165) is 69.0 Å². The SMILES string of the molecule is CN=C(NCCN1CCN(C(=O)C2CCC2)CC1)N(C)Cc1ccc(Cl)s1. The van der Waals surface area contributed by atoms with E-state index in [1.807, 2.05) is 20.2 Å². The van der Waals surface area contributed by atoms with Gasteiger partial charge >= 0.3 is 0 Å². The number of nitrogens with one attached hydrogen (secondary N) is 1. The molecule has 27 heavy (non-hydrogen) atoms. The minimum atomic E-state index is 0.315. The predicted molar refractivity (Wildman–Crippen MR) is 113 cm³/mol. The third kappa shape index (κ3) is 5.59. The fraction of sp³-hybridized carbons (Fsp3) is 0.684. The molecule has 2 heterocycles. The van der Waals surface area contributed by atoms with Crippen molar-refractivity contribution in [3.63, 3.8) is 0 Å². The molecule has 1 aliphatic carbocycles. The van der Waals surface area contributed by atoms with E-state index < -0.39 is 0 Å². The quantitative estimate of drug-likeness (QED) is 0.576. The molecule has 0 unspecified atom stereocenters. The van der Waals surface area contributed by atoms with Crippen LogP contribution < -0.4 is 5.32 Å². The molecule has 1 aromatic rings. The Morgan fingerprint density at radius 2 is 2.07 bits per heavy atom. The molecular formula is C19H30ClN5OS. The Hall–Kier alpha value is -1.31. The van der Waals surface area contributed by atoms with Gasteiger partial charge in [-0.3, -0.25) is 14.7 Å². The second-order valence-electron chi connectivity index (χ2n) is 7.33. The third-order valence-electron chi connectivity index (χ3n) is 5.44. The van der Waals surface area contributed by atoms with E-state index in [0.29, 0.717) is 11.8 Å². The van der Waals surface area contributed by atoms with Crippen molar-refractivity contribution in [2.75, 3.05) is 53.4 Å². The number of piperazine rings is 1. The number of rotatable bonds is 6. The first-order valence-corrected chi connectivity index (χ1v) is 10.9. The molecule has 2 fully saturated rings. The number of hydrogen-bond acceptors (Lipinski definition) is 4. The molecular weight excluding hydrogens is 382 g/mol. The van der Waals surface area contributed by atoms with Crippen LogP contribution in [0.15, 0.2) is 17.1 Å². The van der Waals surface area contributed by atoms with Crippen LogP contribution in [-0.4, -0.2) is 79.9 Å². The second-order valence-corrected chi connectivity index (χ2v) is 9.13. The molecule has 0 bridgehead atoms. The smallest absolute Gasteiger partial charge is 0.225 e. The van der Waals surface area contributed by atoms with Crippen molar-refractivity contribution in [3.8, 4) is 0 Å². The number of carbonyl (C=O) groups excluding carboxylic acids is 1. The fourth-order valence-corrected chi connectivity index (χ4v) is 4.70. The van der Waals surface area contributed by atoms with Crippen molar-refractivity contribution in [3.05, 3.63) is 21.3 Å². The highest BCUT2D eigenvalue weighted by molar-refractivity contribution is 7.16. The van der Waals surface area contributed by atoms with Crippen LogP contribution in [0.2, 0.25) is 4.34 Å². The summed E-state index contributed by atoms with van der Waals surface area (Å²) in [5.74, 6) is 1.59. The standard InChI is InChI=1S/C19H30ClN5OS/c1-21-19(23(2)14-16-6-7-17(20)27-16)22-8-9-24-10-12-25(13-11-24)18(26)15-4-3-5-15/h6-7,15H,3-5,8-14H2,1-2H3,(H,21,22). The first-order valence-electron chi connectivity index (χ1n) is 9.74. The summed E-state index contributed by atoms with van der Waals surface area (Å²) >= 11 is 7.61. The lowest BCUT2D eigenvalue weighted by atomic mass is 9.84. The van der Waals surface area contributed by atoms with Gasteiger partial charge in [-0.1, -0.05) is 18.0 Å². The lowest BCUT2D eigenvalue weighted by Crippen LogP contribution is -2.52. The van der Waals surface area contributed by atoms with E-state index in [1.54, 1.807) is 11.3 Å². The van der Waals surface area contributed by atoms with Gasteiger partial charge in [-0.15, -0.1) is 11.3 Å². The summed E-state index contributed by atoms with van der Waals surface area (Å²) in [6, 6.07) is 3.99. The van der Waals surface area contributed by atoms with Gasteiger partial charge in [-0.05, 0) is 25.0 Å². The van der Waals surface area contributed by atoms with Gasteiger partial charge in [-0.2, -0.15) is 0 Å². The summed E-state index contributed by atoms with van der Waals surface area (Å²) < 4.78 is 0.816. The van der Waals surface area contributed by atoms with Crippen LogP contribution in [0, 0.1) is 5.92 Å². The largest absolute Gasteiger partial charge is 0.355 e. The molecule has 1 saturated heterocycles. The van der Waals surface area contributed by atoms with Gasteiger partial charge < -0.3 is 15.1 Å². The van der Waals surface area contributed by atoms with Gasteiger partial charge in [0.2, 0.25) is 5.91 Å². The monoisotopic (exact) mass is 411 g/mol. The molecule has 1 amide bonds. The zero-order valence-corrected chi connectivity index (χ0v) is 17.9. The summed E-state index contributed by atoms with van der Waals surface area (Å²) in [6.07, 6.45) is 3.40. The van der Waals surface area contributed by atoms with E-state index in [1.165, 1.54) is 11.3 Å². The summed E-state index contributed by atoms with van der Waals surface area (Å²) in [6.45, 7) is 6.25. The molecule has 1 aromatic heterocycles. The Morgan fingerprint density at radius 3 is 2.63 bits per heavy atom. The summed E-state index contributed by atoms with van der Waals surface area (Å²) in [7, 11) is 3.85. The van der Waals surface area contributed by atoms with Crippen LogP contribution in [0.25, 0.3) is 0 Å². The van der Waals surface area contributed by atoms with Crippen molar-refractivity contribution in [1.29, 1.82) is 0 Å². The van der Waals surface area contributed by atoms with Gasteiger partial charge in [0, 0.05) is 64.2 Å². The molecule has 0 spiro atoms. The highest BCUT2D eigenvalue weighted by atomic mass is 35.5. The molecule has 6 nitrogen and oxygen atoms in total. The zero-order chi connectivity index (χ0) is 19.2. The maximum Gasteiger partial charge on any atom is 0.225 e. The lowest BCUT2D eigenvalue weighted by molar-refractivity contribution is -0.139. The minimum Gasteiger partial charge on any atom is -0.355 e. The normalized spacial score (nSPS) is 19.1. The molecule has 1 aliphatic heterocycles. The number of halogens is 1. The average Bonchev–Trinajstić information content (AvgIpc) is 3.02. The molecule has 0 atom stereocenters. The van der Waals surface area contributed by atoms with E-state index in [9.17, 15) is 4.79 Å². The summed E-state index contributed by atoms with van der Waals surface area (Å²) in [5, 5.41) is 3.44. The van der Waals surface area contributed by atoms with Crippen LogP contribution in [0.1, 0.15) is 24.1 Å². The van der Waals surface area contributed by atoms with E-state index in [4.69, 9.17) is 11.6 Å². The highest BCUT2D eigenvalue weighted by Crippen LogP contribution is 2.28. The highest BCUT2D eigenvalue weighted by Gasteiger charge is 2.31. The van der Waals surface area contributed by atoms with Crippen LogP contribution in [0.4, 0.5) is 0 Å². The number of nitrogens with zero attached hydrogens (tertiary/aromatic N) is 4. The van der Waals surface area contributed by atoms with Gasteiger partial charge in [-0.25, -0.2) is 0 Å². The Bertz CT molecular complexity index is 652. The number of aliphatic imine (C=N–C) groups is 1. The molecule has 1 saturated carbocycles. The first-order chi connectivity index (χ1) is 13.1. The maximum absolute atomic E-state index is 12.3. The van der Waals surface area contributed by atoms with Gasteiger partial charge in [0.1, 0.15) is 0 Å². The van der Waals surface area contributed by atoms with Gasteiger partial charge in [0.15, 0.2) is 5.96 Å². The summed E-state index contributed by atoms with van der Waals surface area (Å²) in [4.78, 5) is 24.5. The van der Waals surface area contributed by atoms with Crippen LogP contribution in [0.3, 0.4) is 0 Å². The van der Waals surface area contributed by atoms with Crippen LogP contribution >= 0.6 is 22.9 Å². The Labute approximate surface area is 171 Å². The first kappa shape index (κ1) is 20.4. The van der Waals surface area contributed by atoms with E-state index in [2.05, 4.69) is 31.1 Å². The number of hydrogen-bond donors (Lipinski definition) is 1. The Balaban J connectivity index is 1.35. The molecule has 0 aromatic carbocycles. The van der Waals surface area contributed by atoms with Crippen molar-refractivity contribution < 1.29 is 4.79 Å². The van der Waals surface area contributed by atoms with E-state index in [-0.39, 0.29) is 0 Å². The fourth-order valence-electron chi connectivity index (χ4n) is 3.56.